The van der Waals surface area contributed by atoms with Crippen LogP contribution in [0.15, 0.2) is 72.8 Å². The zero-order valence-electron chi connectivity index (χ0n) is 23.3. The minimum absolute atomic E-state index is 0. The molecule has 0 bridgehead atoms. The molecular weight excluding hydrogens is 630 g/mol. The van der Waals surface area contributed by atoms with Gasteiger partial charge in [0, 0.05) is 10.0 Å². The van der Waals surface area contributed by atoms with E-state index < -0.39 is 63.7 Å². The molecule has 3 aromatic carbocycles. The quantitative estimate of drug-likeness (QED) is 0.236. The van der Waals surface area contributed by atoms with E-state index >= 15 is 4.39 Å². The summed E-state index contributed by atoms with van der Waals surface area (Å²) in [5.74, 6) is -2.54. The van der Waals surface area contributed by atoms with E-state index in [2.05, 4.69) is 0 Å². The first-order chi connectivity index (χ1) is 20.5. The molecule has 1 aliphatic carbocycles. The van der Waals surface area contributed by atoms with Crippen LogP contribution in [0.25, 0.3) is 0 Å². The van der Waals surface area contributed by atoms with Gasteiger partial charge in [0.15, 0.2) is 0 Å². The molecule has 236 valence electrons. The molecule has 2 aliphatic rings. The summed E-state index contributed by atoms with van der Waals surface area (Å²) in [7, 11) is -3.96. The van der Waals surface area contributed by atoms with E-state index in [1.54, 1.807) is 61.5 Å². The van der Waals surface area contributed by atoms with Crippen LogP contribution >= 0.6 is 23.2 Å². The van der Waals surface area contributed by atoms with Gasteiger partial charge in [0.25, 0.3) is 5.91 Å². The molecule has 0 aromatic heterocycles. The molecular formula is C32H35Cl2FN2O6S. The molecule has 8 nitrogen and oxygen atoms in total. The first kappa shape index (κ1) is 33.7. The Bertz CT molecular complexity index is 1600. The minimum atomic E-state index is -3.96. The van der Waals surface area contributed by atoms with E-state index in [1.807, 2.05) is 0 Å². The van der Waals surface area contributed by atoms with Gasteiger partial charge in [-0.15, -0.1) is 0 Å². The summed E-state index contributed by atoms with van der Waals surface area (Å²) >= 11 is 12.5. The summed E-state index contributed by atoms with van der Waals surface area (Å²) in [4.78, 5) is 27.5. The van der Waals surface area contributed by atoms with E-state index in [0.29, 0.717) is 34.0 Å². The van der Waals surface area contributed by atoms with E-state index in [4.69, 9.17) is 27.9 Å². The van der Waals surface area contributed by atoms with Crippen LogP contribution in [0.4, 0.5) is 10.1 Å². The number of ether oxygens (including phenoxy) is 1. The largest absolute Gasteiger partial charge is 0.481 e. The maximum atomic E-state index is 15.1. The lowest BCUT2D eigenvalue weighted by molar-refractivity contribution is -0.183. The average molecular weight is 666 g/mol. The number of hydrogen-bond acceptors (Lipinski definition) is 5. The maximum Gasteiger partial charge on any atom is 0.306 e. The lowest BCUT2D eigenvalue weighted by atomic mass is 9.89. The second kappa shape index (κ2) is 13.9. The number of morpholine rings is 1. The number of carbonyl (C=O) groups excluding carboxylic acids is 1. The van der Waals surface area contributed by atoms with Gasteiger partial charge in [-0.1, -0.05) is 74.0 Å². The Kier molecular flexibility index (Phi) is 10.6. The topological polar surface area (TPSA) is 104 Å². The van der Waals surface area contributed by atoms with Crippen molar-refractivity contribution in [3.8, 4) is 0 Å². The normalized spacial score (nSPS) is 21.0. The van der Waals surface area contributed by atoms with Crippen LogP contribution in [0.5, 0.6) is 0 Å². The number of benzene rings is 3. The number of para-hydroxylation sites is 1. The molecule has 1 saturated heterocycles. The lowest BCUT2D eigenvalue weighted by Gasteiger charge is -2.48. The Hall–Kier alpha value is -3.18. The van der Waals surface area contributed by atoms with Crippen LogP contribution in [0.1, 0.15) is 63.3 Å². The van der Waals surface area contributed by atoms with Gasteiger partial charge in [-0.2, -0.15) is 0 Å². The van der Waals surface area contributed by atoms with Crippen LogP contribution in [-0.4, -0.2) is 54.2 Å². The highest BCUT2D eigenvalue weighted by Gasteiger charge is 2.49. The fourth-order valence-corrected chi connectivity index (χ4v) is 7.76. The summed E-state index contributed by atoms with van der Waals surface area (Å²) in [5, 5.41) is 9.91. The Morgan fingerprint density at radius 3 is 2.32 bits per heavy atom. The van der Waals surface area contributed by atoms with Crippen molar-refractivity contribution in [1.82, 2.24) is 4.90 Å². The van der Waals surface area contributed by atoms with Crippen LogP contribution in [0.3, 0.4) is 0 Å². The third-order valence-electron chi connectivity index (χ3n) is 7.79. The summed E-state index contributed by atoms with van der Waals surface area (Å²) in [5.41, 5.74) is 1.13. The first-order valence-electron chi connectivity index (χ1n) is 14.0. The summed E-state index contributed by atoms with van der Waals surface area (Å²) < 4.78 is 49.9. The van der Waals surface area contributed by atoms with Gasteiger partial charge in [-0.05, 0) is 66.8 Å². The van der Waals surface area contributed by atoms with E-state index in [-0.39, 0.29) is 26.1 Å². The van der Waals surface area contributed by atoms with Crippen LogP contribution in [0, 0.1) is 5.82 Å². The van der Waals surface area contributed by atoms with Crippen molar-refractivity contribution in [2.45, 2.75) is 69.6 Å². The molecule has 0 spiro atoms. The highest BCUT2D eigenvalue weighted by Crippen LogP contribution is 2.45. The summed E-state index contributed by atoms with van der Waals surface area (Å²) in [6.45, 7) is 1.56. The number of sulfonamides is 1. The molecule has 2 fully saturated rings. The predicted octanol–water partition coefficient (Wildman–Crippen LogP) is 7.03. The number of anilines is 1. The molecule has 4 atom stereocenters. The molecule has 1 aliphatic heterocycles. The second-order valence-electron chi connectivity index (χ2n) is 10.7. The second-order valence-corrected chi connectivity index (χ2v) is 13.7. The zero-order chi connectivity index (χ0) is 30.9. The van der Waals surface area contributed by atoms with Crippen LogP contribution in [-0.2, 0) is 24.3 Å². The molecule has 0 unspecified atom stereocenters. The van der Waals surface area contributed by atoms with Gasteiger partial charge in [0.2, 0.25) is 10.0 Å². The van der Waals surface area contributed by atoms with E-state index in [9.17, 15) is 23.1 Å². The van der Waals surface area contributed by atoms with E-state index in [1.165, 1.54) is 23.1 Å². The smallest absolute Gasteiger partial charge is 0.306 e. The molecule has 1 heterocycles. The van der Waals surface area contributed by atoms with Gasteiger partial charge in [-0.3, -0.25) is 13.9 Å². The van der Waals surface area contributed by atoms with E-state index in [0.717, 1.165) is 4.31 Å². The predicted molar refractivity (Wildman–Crippen MR) is 169 cm³/mol. The summed E-state index contributed by atoms with van der Waals surface area (Å²) in [6.07, 6.45) is -1.62. The van der Waals surface area contributed by atoms with Gasteiger partial charge < -0.3 is 14.7 Å². The van der Waals surface area contributed by atoms with Gasteiger partial charge in [-0.25, -0.2) is 12.8 Å². The number of halogens is 3. The van der Waals surface area contributed by atoms with Crippen molar-refractivity contribution in [3.05, 3.63) is 99.8 Å². The zero-order valence-corrected chi connectivity index (χ0v) is 25.6. The molecule has 1 saturated carbocycles. The van der Waals surface area contributed by atoms with Crippen molar-refractivity contribution in [1.29, 1.82) is 0 Å². The Balaban J connectivity index is 0.00000442. The number of hydrogen-bond donors (Lipinski definition) is 1. The molecule has 12 heteroatoms. The number of aliphatic carboxylic acids is 1. The van der Waals surface area contributed by atoms with Crippen LogP contribution in [0.2, 0.25) is 10.0 Å². The van der Waals surface area contributed by atoms with Crippen molar-refractivity contribution in [2.75, 3.05) is 10.8 Å². The standard InChI is InChI=1S/C31H31Cl2FN2O6S.CH4/c1-2-23(18-35(43(40,41)24-14-15-24)26-9-4-3-8-25(26)34)36-29(19-10-12-21(32)13-11-19)30(20-6-5-7-22(33)16-20)42-27(31(36)39)17-28(37)38;/h3-13,16,23-24,27,29-30H,2,14-15,17-18H2,1H3,(H,37,38);1H4/t23-,27-,29+,30+;/m0./s1. The van der Waals surface area contributed by atoms with Gasteiger partial charge in [0.1, 0.15) is 18.0 Å². The maximum absolute atomic E-state index is 15.1. The third kappa shape index (κ3) is 7.04. The van der Waals surface area contributed by atoms with Crippen LogP contribution < -0.4 is 4.31 Å². The highest BCUT2D eigenvalue weighted by atomic mass is 35.5. The fourth-order valence-electron chi connectivity index (χ4n) is 5.54. The molecule has 0 radical (unpaired) electrons. The molecule has 3 aromatic rings. The number of nitrogens with zero attached hydrogens (tertiary/aromatic N) is 2. The monoisotopic (exact) mass is 664 g/mol. The Morgan fingerprint density at radius 2 is 1.73 bits per heavy atom. The summed E-state index contributed by atoms with van der Waals surface area (Å²) in [6, 6.07) is 17.7. The SMILES string of the molecule is C.CC[C@@H](CN(c1ccccc1F)S(=O)(=O)C1CC1)N1C(=O)[C@H](CC(=O)O)O[C@H](c2cccc(Cl)c2)[C@H]1c1ccc(Cl)cc1. The number of carbonyl (C=O) groups is 2. The highest BCUT2D eigenvalue weighted by molar-refractivity contribution is 7.93. The van der Waals surface area contributed by atoms with Gasteiger partial charge >= 0.3 is 5.97 Å². The average Bonchev–Trinajstić information content (AvgIpc) is 3.82. The minimum Gasteiger partial charge on any atom is -0.481 e. The molecule has 1 N–H and O–H groups in total. The van der Waals surface area contributed by atoms with Crippen molar-refractivity contribution >= 4 is 50.8 Å². The Labute approximate surface area is 267 Å². The van der Waals surface area contributed by atoms with Gasteiger partial charge in [0.05, 0.1) is 36.0 Å². The first-order valence-corrected chi connectivity index (χ1v) is 16.2. The number of rotatable bonds is 11. The van der Waals surface area contributed by atoms with Crippen molar-refractivity contribution < 1.29 is 32.2 Å². The number of carboxylic acid groups (broad SMARTS) is 1. The lowest BCUT2D eigenvalue weighted by Crippen LogP contribution is -2.58. The van der Waals surface area contributed by atoms with Crippen molar-refractivity contribution in [2.24, 2.45) is 0 Å². The molecule has 44 heavy (non-hydrogen) atoms. The molecule has 1 amide bonds. The fraction of sp³-hybridized carbons (Fsp3) is 0.375. The third-order valence-corrected chi connectivity index (χ3v) is 10.6. The molecule has 5 rings (SSSR count). The number of amides is 1. The number of carboxylic acids is 1. The van der Waals surface area contributed by atoms with Crippen molar-refractivity contribution in [3.63, 3.8) is 0 Å². The Morgan fingerprint density at radius 1 is 1.05 bits per heavy atom.